The number of amides is 3. The van der Waals surface area contributed by atoms with Gasteiger partial charge in [-0.25, -0.2) is 4.79 Å². The Bertz CT molecular complexity index is 525. The third-order valence-electron chi connectivity index (χ3n) is 3.23. The Morgan fingerprint density at radius 2 is 2.26 bits per heavy atom. The molecule has 3 rings (SSSR count). The Morgan fingerprint density at radius 1 is 1.47 bits per heavy atom. The number of aromatic nitrogens is 3. The van der Waals surface area contributed by atoms with Gasteiger partial charge in [0.05, 0.1) is 5.75 Å². The Labute approximate surface area is 114 Å². The third kappa shape index (κ3) is 2.44. The number of thioether (sulfide) groups is 1. The van der Waals surface area contributed by atoms with E-state index in [4.69, 9.17) is 0 Å². The molecule has 0 radical (unpaired) electrons. The van der Waals surface area contributed by atoms with Gasteiger partial charge in [-0.05, 0) is 19.8 Å². The standard InChI is InChI=1S/C11H15N5O2S/c1-7-13-14-11(16(7)8-2-3-8)19-6-9(17)15-5-4-12-10(15)18/h8H,2-6H2,1H3,(H,12,18). The molecular weight excluding hydrogens is 266 g/mol. The monoisotopic (exact) mass is 281 g/mol. The van der Waals surface area contributed by atoms with Crippen molar-refractivity contribution in [1.29, 1.82) is 0 Å². The summed E-state index contributed by atoms with van der Waals surface area (Å²) < 4.78 is 2.09. The quantitative estimate of drug-likeness (QED) is 0.816. The van der Waals surface area contributed by atoms with Crippen molar-refractivity contribution in [2.45, 2.75) is 31.0 Å². The molecule has 1 aromatic heterocycles. The second-order valence-corrected chi connectivity index (χ2v) is 5.64. The molecule has 1 aliphatic heterocycles. The zero-order chi connectivity index (χ0) is 13.4. The minimum atomic E-state index is -0.301. The van der Waals surface area contributed by atoms with Crippen molar-refractivity contribution in [1.82, 2.24) is 25.0 Å². The molecule has 3 amide bonds. The van der Waals surface area contributed by atoms with E-state index in [1.54, 1.807) is 0 Å². The summed E-state index contributed by atoms with van der Waals surface area (Å²) >= 11 is 1.35. The lowest BCUT2D eigenvalue weighted by Gasteiger charge is -2.11. The van der Waals surface area contributed by atoms with Crippen molar-refractivity contribution < 1.29 is 9.59 Å². The van der Waals surface area contributed by atoms with Crippen molar-refractivity contribution >= 4 is 23.7 Å². The molecule has 0 aromatic carbocycles. The number of nitrogens with one attached hydrogen (secondary N) is 1. The van der Waals surface area contributed by atoms with E-state index in [0.717, 1.165) is 23.8 Å². The summed E-state index contributed by atoms with van der Waals surface area (Å²) in [7, 11) is 0. The van der Waals surface area contributed by atoms with Crippen molar-refractivity contribution in [3.63, 3.8) is 0 Å². The SMILES string of the molecule is Cc1nnc(SCC(=O)N2CCNC2=O)n1C1CC1. The highest BCUT2D eigenvalue weighted by Crippen LogP contribution is 2.38. The van der Waals surface area contributed by atoms with Gasteiger partial charge in [0.25, 0.3) is 0 Å². The molecule has 19 heavy (non-hydrogen) atoms. The molecule has 1 saturated heterocycles. The molecule has 8 heteroatoms. The van der Waals surface area contributed by atoms with Crippen LogP contribution in [0.5, 0.6) is 0 Å². The molecule has 0 atom stereocenters. The number of urea groups is 1. The fourth-order valence-corrected chi connectivity index (χ4v) is 3.04. The summed E-state index contributed by atoms with van der Waals surface area (Å²) in [4.78, 5) is 24.5. The van der Waals surface area contributed by atoms with Crippen LogP contribution in [0.2, 0.25) is 0 Å². The molecular formula is C11H15N5O2S. The number of hydrogen-bond acceptors (Lipinski definition) is 5. The fraction of sp³-hybridized carbons (Fsp3) is 0.636. The molecule has 1 saturated carbocycles. The molecule has 1 aliphatic carbocycles. The van der Waals surface area contributed by atoms with Gasteiger partial charge < -0.3 is 9.88 Å². The second kappa shape index (κ2) is 4.84. The average Bonchev–Trinajstić information content (AvgIpc) is 3.02. The van der Waals surface area contributed by atoms with Crippen LogP contribution in [-0.2, 0) is 4.79 Å². The normalized spacial score (nSPS) is 18.8. The number of imide groups is 1. The van der Waals surface area contributed by atoms with Gasteiger partial charge >= 0.3 is 6.03 Å². The van der Waals surface area contributed by atoms with Crippen LogP contribution in [0.1, 0.15) is 24.7 Å². The van der Waals surface area contributed by atoms with Crippen LogP contribution in [0.4, 0.5) is 4.79 Å². The van der Waals surface area contributed by atoms with Crippen molar-refractivity contribution in [3.8, 4) is 0 Å². The van der Waals surface area contributed by atoms with Gasteiger partial charge in [0, 0.05) is 19.1 Å². The minimum Gasteiger partial charge on any atom is -0.336 e. The molecule has 1 N–H and O–H groups in total. The van der Waals surface area contributed by atoms with Gasteiger partial charge in [0.1, 0.15) is 5.82 Å². The van der Waals surface area contributed by atoms with E-state index in [1.165, 1.54) is 16.7 Å². The van der Waals surface area contributed by atoms with E-state index in [1.807, 2.05) is 6.92 Å². The first-order valence-electron chi connectivity index (χ1n) is 6.29. The Balaban J connectivity index is 1.63. The van der Waals surface area contributed by atoms with Crippen LogP contribution in [-0.4, -0.2) is 50.4 Å². The van der Waals surface area contributed by atoms with E-state index in [0.29, 0.717) is 19.1 Å². The smallest absolute Gasteiger partial charge is 0.324 e. The fourth-order valence-electron chi connectivity index (χ4n) is 2.12. The van der Waals surface area contributed by atoms with E-state index < -0.39 is 0 Å². The Kier molecular flexibility index (Phi) is 3.17. The minimum absolute atomic E-state index is 0.178. The van der Waals surface area contributed by atoms with Gasteiger partial charge in [-0.15, -0.1) is 10.2 Å². The molecule has 0 spiro atoms. The highest BCUT2D eigenvalue weighted by atomic mass is 32.2. The largest absolute Gasteiger partial charge is 0.336 e. The Hall–Kier alpha value is -1.57. The molecule has 2 aliphatic rings. The van der Waals surface area contributed by atoms with Crippen LogP contribution >= 0.6 is 11.8 Å². The highest BCUT2D eigenvalue weighted by molar-refractivity contribution is 7.99. The molecule has 0 bridgehead atoms. The first-order valence-corrected chi connectivity index (χ1v) is 7.28. The van der Waals surface area contributed by atoms with Crippen LogP contribution in [0.3, 0.4) is 0 Å². The lowest BCUT2D eigenvalue weighted by molar-refractivity contribution is -0.124. The summed E-state index contributed by atoms with van der Waals surface area (Å²) in [6.07, 6.45) is 2.30. The molecule has 0 unspecified atom stereocenters. The van der Waals surface area contributed by atoms with Gasteiger partial charge in [0.15, 0.2) is 5.16 Å². The van der Waals surface area contributed by atoms with Crippen LogP contribution in [0.15, 0.2) is 5.16 Å². The molecule has 2 fully saturated rings. The molecule has 102 valence electrons. The average molecular weight is 281 g/mol. The van der Waals surface area contributed by atoms with Crippen molar-refractivity contribution in [2.75, 3.05) is 18.8 Å². The van der Waals surface area contributed by atoms with E-state index in [2.05, 4.69) is 20.1 Å². The first kappa shape index (κ1) is 12.5. The first-order chi connectivity index (χ1) is 9.16. The zero-order valence-electron chi connectivity index (χ0n) is 10.6. The number of carbonyl (C=O) groups excluding carboxylic acids is 2. The van der Waals surface area contributed by atoms with Crippen LogP contribution in [0, 0.1) is 6.92 Å². The predicted octanol–water partition coefficient (Wildman–Crippen LogP) is 0.565. The lowest BCUT2D eigenvalue weighted by atomic mass is 10.5. The van der Waals surface area contributed by atoms with Crippen molar-refractivity contribution in [2.24, 2.45) is 0 Å². The third-order valence-corrected chi connectivity index (χ3v) is 4.16. The Morgan fingerprint density at radius 3 is 2.89 bits per heavy atom. The maximum Gasteiger partial charge on any atom is 0.324 e. The number of carbonyl (C=O) groups is 2. The summed E-state index contributed by atoms with van der Waals surface area (Å²) in [5.74, 6) is 0.928. The number of nitrogens with zero attached hydrogens (tertiary/aromatic N) is 4. The van der Waals surface area contributed by atoms with Gasteiger partial charge in [-0.1, -0.05) is 11.8 Å². The van der Waals surface area contributed by atoms with Gasteiger partial charge in [0.2, 0.25) is 5.91 Å². The molecule has 7 nitrogen and oxygen atoms in total. The molecule has 2 heterocycles. The predicted molar refractivity (Wildman–Crippen MR) is 68.9 cm³/mol. The van der Waals surface area contributed by atoms with Crippen LogP contribution in [0.25, 0.3) is 0 Å². The van der Waals surface area contributed by atoms with Crippen LogP contribution < -0.4 is 5.32 Å². The lowest BCUT2D eigenvalue weighted by Crippen LogP contribution is -2.35. The zero-order valence-corrected chi connectivity index (χ0v) is 11.4. The second-order valence-electron chi connectivity index (χ2n) is 4.70. The van der Waals surface area contributed by atoms with Gasteiger partial charge in [-0.3, -0.25) is 9.69 Å². The summed E-state index contributed by atoms with van der Waals surface area (Å²) in [6.45, 7) is 2.91. The van der Waals surface area contributed by atoms with Gasteiger partial charge in [-0.2, -0.15) is 0 Å². The van der Waals surface area contributed by atoms with E-state index >= 15 is 0 Å². The topological polar surface area (TPSA) is 80.1 Å². The number of hydrogen-bond donors (Lipinski definition) is 1. The summed E-state index contributed by atoms with van der Waals surface area (Å²) in [6, 6.07) is 0.188. The number of aryl methyl sites for hydroxylation is 1. The molecule has 1 aromatic rings. The van der Waals surface area contributed by atoms with Crippen molar-refractivity contribution in [3.05, 3.63) is 5.82 Å². The maximum absolute atomic E-state index is 11.9. The van der Waals surface area contributed by atoms with E-state index in [-0.39, 0.29) is 17.7 Å². The highest BCUT2D eigenvalue weighted by Gasteiger charge is 2.30. The summed E-state index contributed by atoms with van der Waals surface area (Å²) in [5.41, 5.74) is 0. The number of rotatable bonds is 4. The maximum atomic E-state index is 11.9. The van der Waals surface area contributed by atoms with E-state index in [9.17, 15) is 9.59 Å². The summed E-state index contributed by atoms with van der Waals surface area (Å²) in [5, 5.41) is 11.5.